The first kappa shape index (κ1) is 14.6. The third kappa shape index (κ3) is 2.86. The van der Waals surface area contributed by atoms with Crippen molar-refractivity contribution in [3.05, 3.63) is 28.8 Å². The molecular formula is C15H19ClN2O3. The number of halogens is 1. The fraction of sp³-hybridized carbons (Fsp3) is 0.533. The Morgan fingerprint density at radius 1 is 1.38 bits per heavy atom. The van der Waals surface area contributed by atoms with Crippen LogP contribution in [0.25, 0.3) is 0 Å². The van der Waals surface area contributed by atoms with E-state index in [1.165, 1.54) is 0 Å². The average Bonchev–Trinajstić information content (AvgIpc) is 2.54. The molecule has 2 fully saturated rings. The number of hydrogen-bond acceptors (Lipinski definition) is 4. The highest BCUT2D eigenvalue weighted by Gasteiger charge is 2.32. The summed E-state index contributed by atoms with van der Waals surface area (Å²) in [4.78, 5) is 16.9. The number of piperazine rings is 1. The van der Waals surface area contributed by atoms with E-state index in [9.17, 15) is 4.79 Å². The summed E-state index contributed by atoms with van der Waals surface area (Å²) in [6.07, 6.45) is 0. The van der Waals surface area contributed by atoms with Gasteiger partial charge in [0.05, 0.1) is 37.0 Å². The molecule has 0 radical (unpaired) electrons. The van der Waals surface area contributed by atoms with Gasteiger partial charge in [-0.3, -0.25) is 9.69 Å². The molecule has 1 atom stereocenters. The van der Waals surface area contributed by atoms with E-state index in [2.05, 4.69) is 4.90 Å². The molecule has 2 saturated heterocycles. The molecule has 6 heteroatoms. The van der Waals surface area contributed by atoms with Gasteiger partial charge in [-0.1, -0.05) is 17.7 Å². The zero-order valence-electron chi connectivity index (χ0n) is 12.0. The second kappa shape index (κ2) is 6.22. The first-order valence-electron chi connectivity index (χ1n) is 7.14. The lowest BCUT2D eigenvalue weighted by atomic mass is 10.1. The molecule has 1 amide bonds. The summed E-state index contributed by atoms with van der Waals surface area (Å²) in [5.74, 6) is 0.492. The van der Waals surface area contributed by atoms with Crippen LogP contribution in [0, 0.1) is 0 Å². The van der Waals surface area contributed by atoms with Gasteiger partial charge in [-0.25, -0.2) is 0 Å². The number of benzene rings is 1. The molecule has 1 unspecified atom stereocenters. The number of carbonyl (C=O) groups is 1. The first-order valence-corrected chi connectivity index (χ1v) is 7.52. The zero-order valence-corrected chi connectivity index (χ0v) is 12.8. The van der Waals surface area contributed by atoms with Crippen LogP contribution in [0.2, 0.25) is 5.02 Å². The highest BCUT2D eigenvalue weighted by atomic mass is 35.5. The smallest absolute Gasteiger partial charge is 0.255 e. The van der Waals surface area contributed by atoms with Gasteiger partial charge in [0, 0.05) is 26.2 Å². The number of hydrogen-bond donors (Lipinski definition) is 0. The second-order valence-corrected chi connectivity index (χ2v) is 5.72. The van der Waals surface area contributed by atoms with Gasteiger partial charge in [-0.15, -0.1) is 0 Å². The Morgan fingerprint density at radius 2 is 2.24 bits per heavy atom. The van der Waals surface area contributed by atoms with Crippen molar-refractivity contribution in [3.63, 3.8) is 0 Å². The van der Waals surface area contributed by atoms with Gasteiger partial charge in [0.15, 0.2) is 0 Å². The SMILES string of the molecule is COc1cccc(C(=O)N2CCN3CCOCC3C2)c1Cl. The van der Waals surface area contributed by atoms with Crippen LogP contribution in [0.15, 0.2) is 18.2 Å². The summed E-state index contributed by atoms with van der Waals surface area (Å²) in [5, 5.41) is 0.382. The van der Waals surface area contributed by atoms with Crippen LogP contribution >= 0.6 is 11.6 Å². The third-order valence-corrected chi connectivity index (χ3v) is 4.53. The maximum Gasteiger partial charge on any atom is 0.255 e. The van der Waals surface area contributed by atoms with Crippen molar-refractivity contribution in [2.24, 2.45) is 0 Å². The minimum Gasteiger partial charge on any atom is -0.495 e. The summed E-state index contributed by atoms with van der Waals surface area (Å²) in [6.45, 7) is 4.73. The summed E-state index contributed by atoms with van der Waals surface area (Å²) >= 11 is 6.25. The van der Waals surface area contributed by atoms with Crippen molar-refractivity contribution in [2.45, 2.75) is 6.04 Å². The number of amides is 1. The van der Waals surface area contributed by atoms with Crippen molar-refractivity contribution in [1.29, 1.82) is 0 Å². The molecule has 0 N–H and O–H groups in total. The number of rotatable bonds is 2. The van der Waals surface area contributed by atoms with Gasteiger partial charge in [0.25, 0.3) is 5.91 Å². The van der Waals surface area contributed by atoms with Crippen molar-refractivity contribution < 1.29 is 14.3 Å². The molecule has 2 aliphatic rings. The summed E-state index contributed by atoms with van der Waals surface area (Å²) in [7, 11) is 1.55. The first-order chi connectivity index (χ1) is 10.2. The van der Waals surface area contributed by atoms with Crippen LogP contribution in [0.4, 0.5) is 0 Å². The molecular weight excluding hydrogens is 292 g/mol. The van der Waals surface area contributed by atoms with Crippen molar-refractivity contribution in [3.8, 4) is 5.75 Å². The van der Waals surface area contributed by atoms with Crippen LogP contribution in [-0.2, 0) is 4.74 Å². The Kier molecular flexibility index (Phi) is 4.33. The molecule has 0 spiro atoms. The number of morpholine rings is 1. The monoisotopic (exact) mass is 310 g/mol. The van der Waals surface area contributed by atoms with Crippen molar-refractivity contribution in [1.82, 2.24) is 9.80 Å². The molecule has 0 bridgehead atoms. The molecule has 2 heterocycles. The highest BCUT2D eigenvalue weighted by Crippen LogP contribution is 2.29. The van der Waals surface area contributed by atoms with E-state index in [-0.39, 0.29) is 5.91 Å². The molecule has 2 aliphatic heterocycles. The van der Waals surface area contributed by atoms with Crippen LogP contribution in [0.5, 0.6) is 5.75 Å². The predicted octanol–water partition coefficient (Wildman–Crippen LogP) is 1.51. The maximum atomic E-state index is 12.7. The van der Waals surface area contributed by atoms with E-state index < -0.39 is 0 Å². The lowest BCUT2D eigenvalue weighted by molar-refractivity contribution is -0.0395. The summed E-state index contributed by atoms with van der Waals surface area (Å²) in [6, 6.07) is 5.58. The number of methoxy groups -OCH3 is 1. The Morgan fingerprint density at radius 3 is 3.05 bits per heavy atom. The Balaban J connectivity index is 1.76. The second-order valence-electron chi connectivity index (χ2n) is 5.34. The quantitative estimate of drug-likeness (QED) is 0.830. The number of fused-ring (bicyclic) bond motifs is 1. The van der Waals surface area contributed by atoms with Crippen LogP contribution < -0.4 is 4.74 Å². The van der Waals surface area contributed by atoms with Crippen LogP contribution in [0.3, 0.4) is 0 Å². The standard InChI is InChI=1S/C15H19ClN2O3/c1-20-13-4-2-3-12(14(13)16)15(19)18-6-5-17-7-8-21-10-11(17)9-18/h2-4,11H,5-10H2,1H3. The molecule has 0 aliphatic carbocycles. The predicted molar refractivity (Wildman–Crippen MR) is 80.1 cm³/mol. The van der Waals surface area contributed by atoms with Crippen molar-refractivity contribution in [2.75, 3.05) is 46.5 Å². The van der Waals surface area contributed by atoms with Crippen LogP contribution in [-0.4, -0.2) is 68.3 Å². The van der Waals surface area contributed by atoms with E-state index in [0.717, 1.165) is 26.2 Å². The third-order valence-electron chi connectivity index (χ3n) is 4.14. The fourth-order valence-electron chi connectivity index (χ4n) is 2.93. The minimum absolute atomic E-state index is 0.0378. The van der Waals surface area contributed by atoms with E-state index in [1.54, 1.807) is 25.3 Å². The zero-order chi connectivity index (χ0) is 14.8. The number of carbonyl (C=O) groups excluding carboxylic acids is 1. The van der Waals surface area contributed by atoms with Gasteiger partial charge < -0.3 is 14.4 Å². The number of nitrogens with zero attached hydrogens (tertiary/aromatic N) is 2. The van der Waals surface area contributed by atoms with Crippen molar-refractivity contribution >= 4 is 17.5 Å². The highest BCUT2D eigenvalue weighted by molar-refractivity contribution is 6.35. The van der Waals surface area contributed by atoms with Gasteiger partial charge in [0.2, 0.25) is 0 Å². The Bertz CT molecular complexity index is 538. The minimum atomic E-state index is -0.0378. The van der Waals surface area contributed by atoms with E-state index in [4.69, 9.17) is 21.1 Å². The Labute approximate surface area is 129 Å². The molecule has 3 rings (SSSR count). The van der Waals surface area contributed by atoms with Crippen LogP contribution in [0.1, 0.15) is 10.4 Å². The number of ether oxygens (including phenoxy) is 2. The van der Waals surface area contributed by atoms with Gasteiger partial charge in [-0.05, 0) is 12.1 Å². The molecule has 1 aromatic carbocycles. The molecule has 114 valence electrons. The van der Waals surface area contributed by atoms with E-state index in [1.807, 2.05) is 4.90 Å². The van der Waals surface area contributed by atoms with Gasteiger partial charge in [-0.2, -0.15) is 0 Å². The van der Waals surface area contributed by atoms with Gasteiger partial charge in [0.1, 0.15) is 5.75 Å². The Hall–Kier alpha value is -1.30. The lowest BCUT2D eigenvalue weighted by Gasteiger charge is -2.43. The topological polar surface area (TPSA) is 42.0 Å². The summed E-state index contributed by atoms with van der Waals surface area (Å²) < 4.78 is 10.7. The van der Waals surface area contributed by atoms with Gasteiger partial charge >= 0.3 is 0 Å². The lowest BCUT2D eigenvalue weighted by Crippen LogP contribution is -2.59. The molecule has 21 heavy (non-hydrogen) atoms. The summed E-state index contributed by atoms with van der Waals surface area (Å²) in [5.41, 5.74) is 0.501. The largest absolute Gasteiger partial charge is 0.495 e. The average molecular weight is 311 g/mol. The normalized spacial score (nSPS) is 22.8. The fourth-order valence-corrected chi connectivity index (χ4v) is 3.22. The molecule has 1 aromatic rings. The van der Waals surface area contributed by atoms with E-state index in [0.29, 0.717) is 35.5 Å². The van der Waals surface area contributed by atoms with E-state index >= 15 is 0 Å². The molecule has 0 saturated carbocycles. The molecule has 0 aromatic heterocycles. The molecule has 5 nitrogen and oxygen atoms in total. The maximum absolute atomic E-state index is 12.7.